The van der Waals surface area contributed by atoms with E-state index >= 15 is 0 Å². The van der Waals surface area contributed by atoms with Crippen molar-refractivity contribution in [2.75, 3.05) is 13.7 Å². The van der Waals surface area contributed by atoms with E-state index in [0.29, 0.717) is 0 Å². The average molecular weight is 184 g/mol. The fourth-order valence-corrected chi connectivity index (χ4v) is 0.960. The predicted octanol–water partition coefficient (Wildman–Crippen LogP) is 2.25. The van der Waals surface area contributed by atoms with E-state index < -0.39 is 0 Å². The predicted molar refractivity (Wildman–Crippen MR) is 54.8 cm³/mol. The van der Waals surface area contributed by atoms with E-state index in [-0.39, 0.29) is 0 Å². The molecule has 0 radical (unpaired) electrons. The summed E-state index contributed by atoms with van der Waals surface area (Å²) in [5, 5.41) is 4.15. The first-order valence-electron chi connectivity index (χ1n) is 4.81. The standard InChI is InChI=1S/C8H14N2O.C2H6/c1-8-6-9-10(7-8)4-3-5-11-2;1-2/h6-7H,3-5H2,1-2H3;1-2H3. The Morgan fingerprint density at radius 3 is 2.62 bits per heavy atom. The molecular weight excluding hydrogens is 164 g/mol. The van der Waals surface area contributed by atoms with Crippen LogP contribution in [0.3, 0.4) is 0 Å². The van der Waals surface area contributed by atoms with Crippen molar-refractivity contribution in [2.24, 2.45) is 0 Å². The smallest absolute Gasteiger partial charge is 0.0518 e. The topological polar surface area (TPSA) is 27.1 Å². The van der Waals surface area contributed by atoms with Crippen LogP contribution in [0.1, 0.15) is 25.8 Å². The van der Waals surface area contributed by atoms with Crippen LogP contribution in [-0.4, -0.2) is 23.5 Å². The van der Waals surface area contributed by atoms with Crippen LogP contribution in [0.15, 0.2) is 12.4 Å². The van der Waals surface area contributed by atoms with Crippen LogP contribution in [0, 0.1) is 6.92 Å². The van der Waals surface area contributed by atoms with Crippen molar-refractivity contribution in [2.45, 2.75) is 33.7 Å². The summed E-state index contributed by atoms with van der Waals surface area (Å²) in [6.07, 6.45) is 4.93. The Hall–Kier alpha value is -0.830. The second-order valence-electron chi connectivity index (χ2n) is 2.63. The van der Waals surface area contributed by atoms with E-state index in [4.69, 9.17) is 4.74 Å². The molecule has 1 rings (SSSR count). The minimum absolute atomic E-state index is 0.804. The van der Waals surface area contributed by atoms with Crippen molar-refractivity contribution in [3.63, 3.8) is 0 Å². The van der Waals surface area contributed by atoms with E-state index in [1.54, 1.807) is 7.11 Å². The minimum atomic E-state index is 0.804. The molecule has 0 spiro atoms. The molecule has 0 aliphatic rings. The van der Waals surface area contributed by atoms with Crippen molar-refractivity contribution in [1.29, 1.82) is 0 Å². The highest BCUT2D eigenvalue weighted by atomic mass is 16.5. The zero-order valence-corrected chi connectivity index (χ0v) is 9.08. The fourth-order valence-electron chi connectivity index (χ4n) is 0.960. The second kappa shape index (κ2) is 7.80. The van der Waals surface area contributed by atoms with E-state index in [9.17, 15) is 0 Å². The molecule has 0 atom stereocenters. The van der Waals surface area contributed by atoms with Crippen LogP contribution in [0.4, 0.5) is 0 Å². The van der Waals surface area contributed by atoms with Gasteiger partial charge in [-0.3, -0.25) is 4.68 Å². The molecule has 76 valence electrons. The van der Waals surface area contributed by atoms with Gasteiger partial charge in [-0.05, 0) is 18.9 Å². The third-order valence-electron chi connectivity index (χ3n) is 1.50. The van der Waals surface area contributed by atoms with Crippen LogP contribution in [0.2, 0.25) is 0 Å². The molecule has 0 aliphatic carbocycles. The van der Waals surface area contributed by atoms with Crippen LogP contribution in [-0.2, 0) is 11.3 Å². The van der Waals surface area contributed by atoms with Crippen LogP contribution in [0.5, 0.6) is 0 Å². The molecular formula is C10H20N2O. The molecule has 0 fully saturated rings. The molecule has 0 aliphatic heterocycles. The summed E-state index contributed by atoms with van der Waals surface area (Å²) < 4.78 is 6.87. The number of hydrogen-bond donors (Lipinski definition) is 0. The Morgan fingerprint density at radius 2 is 2.15 bits per heavy atom. The molecule has 3 nitrogen and oxygen atoms in total. The Morgan fingerprint density at radius 1 is 1.46 bits per heavy atom. The maximum atomic E-state index is 4.93. The number of methoxy groups -OCH3 is 1. The Balaban J connectivity index is 0.000000671. The Kier molecular flexibility index (Phi) is 7.30. The average Bonchev–Trinajstić information content (AvgIpc) is 2.56. The van der Waals surface area contributed by atoms with Gasteiger partial charge in [-0.15, -0.1) is 0 Å². The van der Waals surface area contributed by atoms with Gasteiger partial charge in [0.05, 0.1) is 6.20 Å². The molecule has 0 saturated carbocycles. The summed E-state index contributed by atoms with van der Waals surface area (Å²) >= 11 is 0. The normalized spacial score (nSPS) is 9.23. The zero-order chi connectivity index (χ0) is 10.1. The van der Waals surface area contributed by atoms with E-state index in [1.165, 1.54) is 5.56 Å². The molecule has 0 saturated heterocycles. The van der Waals surface area contributed by atoms with Gasteiger partial charge in [0.25, 0.3) is 0 Å². The van der Waals surface area contributed by atoms with Crippen LogP contribution in [0.25, 0.3) is 0 Å². The lowest BCUT2D eigenvalue weighted by Crippen LogP contribution is -2.01. The SMILES string of the molecule is CC.COCCCn1cc(C)cn1. The summed E-state index contributed by atoms with van der Waals surface area (Å²) in [7, 11) is 1.72. The summed E-state index contributed by atoms with van der Waals surface area (Å²) in [6.45, 7) is 7.79. The van der Waals surface area contributed by atoms with Gasteiger partial charge in [0.2, 0.25) is 0 Å². The van der Waals surface area contributed by atoms with Crippen molar-refractivity contribution in [3.05, 3.63) is 18.0 Å². The molecule has 0 bridgehead atoms. The number of aromatic nitrogens is 2. The lowest BCUT2D eigenvalue weighted by atomic mass is 10.4. The fraction of sp³-hybridized carbons (Fsp3) is 0.700. The zero-order valence-electron chi connectivity index (χ0n) is 9.08. The van der Waals surface area contributed by atoms with Crippen LogP contribution >= 0.6 is 0 Å². The summed E-state index contributed by atoms with van der Waals surface area (Å²) in [5.74, 6) is 0. The first kappa shape index (κ1) is 12.2. The lowest BCUT2D eigenvalue weighted by molar-refractivity contribution is 0.189. The third kappa shape index (κ3) is 5.42. The van der Waals surface area contributed by atoms with E-state index in [2.05, 4.69) is 5.10 Å². The summed E-state index contributed by atoms with van der Waals surface area (Å²) in [5.41, 5.74) is 1.21. The summed E-state index contributed by atoms with van der Waals surface area (Å²) in [6, 6.07) is 0. The molecule has 0 amide bonds. The highest BCUT2D eigenvalue weighted by molar-refractivity contribution is 4.99. The number of ether oxygens (including phenoxy) is 1. The van der Waals surface area contributed by atoms with E-state index in [1.807, 2.05) is 37.8 Å². The van der Waals surface area contributed by atoms with E-state index in [0.717, 1.165) is 19.6 Å². The first-order chi connectivity index (χ1) is 6.33. The largest absolute Gasteiger partial charge is 0.385 e. The molecule has 1 aromatic heterocycles. The van der Waals surface area contributed by atoms with Gasteiger partial charge in [0.1, 0.15) is 0 Å². The lowest BCUT2D eigenvalue weighted by Gasteiger charge is -1.98. The third-order valence-corrected chi connectivity index (χ3v) is 1.50. The maximum absolute atomic E-state index is 4.93. The number of aryl methyl sites for hydroxylation is 2. The molecule has 13 heavy (non-hydrogen) atoms. The van der Waals surface area contributed by atoms with Gasteiger partial charge < -0.3 is 4.74 Å². The minimum Gasteiger partial charge on any atom is -0.385 e. The molecule has 1 aromatic rings. The first-order valence-corrected chi connectivity index (χ1v) is 4.81. The van der Waals surface area contributed by atoms with Gasteiger partial charge in [-0.2, -0.15) is 5.10 Å². The van der Waals surface area contributed by atoms with Gasteiger partial charge in [0.15, 0.2) is 0 Å². The van der Waals surface area contributed by atoms with Crippen molar-refractivity contribution >= 4 is 0 Å². The Bertz CT molecular complexity index is 208. The molecule has 1 heterocycles. The van der Waals surface area contributed by atoms with Gasteiger partial charge in [0, 0.05) is 26.5 Å². The molecule has 3 heteroatoms. The molecule has 0 aromatic carbocycles. The highest BCUT2D eigenvalue weighted by Crippen LogP contribution is 1.95. The van der Waals surface area contributed by atoms with Crippen molar-refractivity contribution in [3.8, 4) is 0 Å². The van der Waals surface area contributed by atoms with Gasteiger partial charge >= 0.3 is 0 Å². The van der Waals surface area contributed by atoms with Gasteiger partial charge in [-0.25, -0.2) is 0 Å². The van der Waals surface area contributed by atoms with Crippen molar-refractivity contribution < 1.29 is 4.74 Å². The van der Waals surface area contributed by atoms with Gasteiger partial charge in [-0.1, -0.05) is 13.8 Å². The second-order valence-corrected chi connectivity index (χ2v) is 2.63. The molecule has 0 N–H and O–H groups in total. The summed E-state index contributed by atoms with van der Waals surface area (Å²) in [4.78, 5) is 0. The number of rotatable bonds is 4. The van der Waals surface area contributed by atoms with Crippen LogP contribution < -0.4 is 0 Å². The monoisotopic (exact) mass is 184 g/mol. The van der Waals surface area contributed by atoms with Crippen molar-refractivity contribution in [1.82, 2.24) is 9.78 Å². The highest BCUT2D eigenvalue weighted by Gasteiger charge is 1.92. The number of nitrogens with zero attached hydrogens (tertiary/aromatic N) is 2. The maximum Gasteiger partial charge on any atom is 0.0518 e. The number of hydrogen-bond acceptors (Lipinski definition) is 2. The molecule has 0 unspecified atom stereocenters. The quantitative estimate of drug-likeness (QED) is 0.671. The Labute approximate surface area is 80.7 Å².